The maximum Gasteiger partial charge on any atom is 0.243 e. The molecule has 0 aromatic heterocycles. The zero-order chi connectivity index (χ0) is 10.6. The highest BCUT2D eigenvalue weighted by molar-refractivity contribution is 5.94. The minimum absolute atomic E-state index is 0.350. The number of carbonyl (C=O) groups is 1. The number of carbonyl (C=O) groups excluding carboxylic acids is 1. The molecule has 0 heterocycles. The van der Waals surface area contributed by atoms with Crippen molar-refractivity contribution in [3.8, 4) is 0 Å². The summed E-state index contributed by atoms with van der Waals surface area (Å²) in [6.45, 7) is 1.58. The van der Waals surface area contributed by atoms with Crippen molar-refractivity contribution in [2.45, 2.75) is 13.0 Å². The minimum atomic E-state index is -0.865. The Morgan fingerprint density at radius 3 is 2.93 bits per heavy atom. The second-order valence-corrected chi connectivity index (χ2v) is 3.15. The number of benzene rings is 1. The molecule has 0 saturated heterocycles. The molecule has 0 fully saturated rings. The highest BCUT2D eigenvalue weighted by atomic mass is 16.3. The molecule has 0 aliphatic heterocycles. The maximum absolute atomic E-state index is 11.3. The summed E-state index contributed by atoms with van der Waals surface area (Å²) in [5.41, 5.74) is 7.09. The van der Waals surface area contributed by atoms with Crippen molar-refractivity contribution in [3.63, 3.8) is 0 Å². The lowest BCUT2D eigenvalue weighted by atomic mass is 10.2. The van der Waals surface area contributed by atoms with E-state index in [1.54, 1.807) is 6.07 Å². The first-order valence-electron chi connectivity index (χ1n) is 4.37. The zero-order valence-electron chi connectivity index (χ0n) is 8.03. The number of hydrogen-bond acceptors (Lipinski definition) is 3. The number of nitrogens with one attached hydrogen (secondary N) is 1. The molecule has 1 aromatic carbocycles. The van der Waals surface area contributed by atoms with Crippen LogP contribution in [0.25, 0.3) is 0 Å². The van der Waals surface area contributed by atoms with Crippen LogP contribution in [-0.2, 0) is 4.79 Å². The quantitative estimate of drug-likeness (QED) is 0.645. The zero-order valence-corrected chi connectivity index (χ0v) is 8.03. The van der Waals surface area contributed by atoms with Gasteiger partial charge in [-0.05, 0) is 24.6 Å². The van der Waals surface area contributed by atoms with Crippen LogP contribution in [0, 0.1) is 6.92 Å². The van der Waals surface area contributed by atoms with Crippen molar-refractivity contribution in [2.75, 3.05) is 11.9 Å². The highest BCUT2D eigenvalue weighted by Crippen LogP contribution is 2.09. The van der Waals surface area contributed by atoms with E-state index in [4.69, 9.17) is 10.8 Å². The smallest absolute Gasteiger partial charge is 0.243 e. The van der Waals surface area contributed by atoms with Gasteiger partial charge in [-0.3, -0.25) is 4.79 Å². The lowest BCUT2D eigenvalue weighted by Crippen LogP contribution is -2.38. The Labute approximate surface area is 82.7 Å². The van der Waals surface area contributed by atoms with Crippen LogP contribution in [0.5, 0.6) is 0 Å². The van der Waals surface area contributed by atoms with E-state index in [2.05, 4.69) is 5.32 Å². The van der Waals surface area contributed by atoms with Crippen molar-refractivity contribution in [1.29, 1.82) is 0 Å². The minimum Gasteiger partial charge on any atom is -0.394 e. The molecule has 0 aliphatic rings. The number of anilines is 1. The molecule has 0 unspecified atom stereocenters. The van der Waals surface area contributed by atoms with Crippen LogP contribution in [0.15, 0.2) is 24.3 Å². The predicted octanol–water partition coefficient (Wildman–Crippen LogP) is 0.253. The molecule has 4 N–H and O–H groups in total. The third-order valence-electron chi connectivity index (χ3n) is 1.82. The molecule has 1 aromatic rings. The first-order valence-corrected chi connectivity index (χ1v) is 4.37. The summed E-state index contributed by atoms with van der Waals surface area (Å²) in [6, 6.07) is 6.52. The Balaban J connectivity index is 2.65. The number of amides is 1. The van der Waals surface area contributed by atoms with E-state index in [9.17, 15) is 4.79 Å². The van der Waals surface area contributed by atoms with Crippen LogP contribution in [0.3, 0.4) is 0 Å². The van der Waals surface area contributed by atoms with Crippen LogP contribution >= 0.6 is 0 Å². The average Bonchev–Trinajstić information content (AvgIpc) is 2.16. The van der Waals surface area contributed by atoms with Gasteiger partial charge in [-0.15, -0.1) is 0 Å². The molecular weight excluding hydrogens is 180 g/mol. The first kappa shape index (κ1) is 10.7. The molecule has 4 heteroatoms. The van der Waals surface area contributed by atoms with Gasteiger partial charge in [0.1, 0.15) is 6.04 Å². The van der Waals surface area contributed by atoms with Gasteiger partial charge >= 0.3 is 0 Å². The molecular formula is C10H14N2O2. The van der Waals surface area contributed by atoms with Crippen molar-refractivity contribution >= 4 is 11.6 Å². The predicted molar refractivity (Wildman–Crippen MR) is 54.9 cm³/mol. The molecule has 1 amide bonds. The second-order valence-electron chi connectivity index (χ2n) is 3.15. The summed E-state index contributed by atoms with van der Waals surface area (Å²) in [7, 11) is 0. The van der Waals surface area contributed by atoms with Crippen molar-refractivity contribution in [2.24, 2.45) is 5.73 Å². The first-order chi connectivity index (χ1) is 6.63. The van der Waals surface area contributed by atoms with Gasteiger partial charge in [0.25, 0.3) is 0 Å². The van der Waals surface area contributed by atoms with Crippen LogP contribution in [0.1, 0.15) is 5.56 Å². The normalized spacial score (nSPS) is 12.2. The van der Waals surface area contributed by atoms with Gasteiger partial charge in [-0.25, -0.2) is 0 Å². The largest absolute Gasteiger partial charge is 0.394 e. The number of nitrogens with two attached hydrogens (primary N) is 1. The molecule has 0 radical (unpaired) electrons. The van der Waals surface area contributed by atoms with Crippen LogP contribution in [0.4, 0.5) is 5.69 Å². The van der Waals surface area contributed by atoms with Gasteiger partial charge < -0.3 is 16.2 Å². The van der Waals surface area contributed by atoms with Crippen LogP contribution < -0.4 is 11.1 Å². The fourth-order valence-corrected chi connectivity index (χ4v) is 1.04. The molecule has 0 bridgehead atoms. The maximum atomic E-state index is 11.3. The van der Waals surface area contributed by atoms with Crippen LogP contribution in [-0.4, -0.2) is 23.7 Å². The summed E-state index contributed by atoms with van der Waals surface area (Å²) < 4.78 is 0. The molecule has 1 rings (SSSR count). The van der Waals surface area contributed by atoms with E-state index in [1.807, 2.05) is 25.1 Å². The molecule has 4 nitrogen and oxygen atoms in total. The number of rotatable bonds is 3. The van der Waals surface area contributed by atoms with Crippen molar-refractivity contribution < 1.29 is 9.90 Å². The van der Waals surface area contributed by atoms with E-state index in [0.717, 1.165) is 5.56 Å². The number of hydrogen-bond donors (Lipinski definition) is 3. The van der Waals surface area contributed by atoms with Gasteiger partial charge in [0.05, 0.1) is 6.61 Å². The number of aliphatic hydroxyl groups excluding tert-OH is 1. The highest BCUT2D eigenvalue weighted by Gasteiger charge is 2.11. The molecule has 0 spiro atoms. The molecule has 14 heavy (non-hydrogen) atoms. The lowest BCUT2D eigenvalue weighted by molar-refractivity contribution is -0.118. The summed E-state index contributed by atoms with van der Waals surface area (Å²) in [5, 5.41) is 11.3. The van der Waals surface area contributed by atoms with Gasteiger partial charge in [0, 0.05) is 5.69 Å². The summed E-state index contributed by atoms with van der Waals surface area (Å²) in [4.78, 5) is 11.3. The van der Waals surface area contributed by atoms with Gasteiger partial charge in [0.2, 0.25) is 5.91 Å². The number of aryl methyl sites for hydroxylation is 1. The van der Waals surface area contributed by atoms with Crippen LogP contribution in [0.2, 0.25) is 0 Å². The standard InChI is InChI=1S/C10H14N2O2/c1-7-3-2-4-8(5-7)12-10(14)9(11)6-13/h2-5,9,13H,6,11H2,1H3,(H,12,14)/t9-/m1/s1. The SMILES string of the molecule is Cc1cccc(NC(=O)[C@H](N)CO)c1. The summed E-state index contributed by atoms with van der Waals surface area (Å²) >= 11 is 0. The van der Waals surface area contributed by atoms with Gasteiger partial charge in [-0.2, -0.15) is 0 Å². The summed E-state index contributed by atoms with van der Waals surface area (Å²) in [6.07, 6.45) is 0. The van der Waals surface area contributed by atoms with Gasteiger partial charge in [0.15, 0.2) is 0 Å². The van der Waals surface area contributed by atoms with E-state index >= 15 is 0 Å². The Morgan fingerprint density at radius 1 is 1.64 bits per heavy atom. The Bertz CT molecular complexity index is 326. The lowest BCUT2D eigenvalue weighted by Gasteiger charge is -2.09. The fourth-order valence-electron chi connectivity index (χ4n) is 1.04. The molecule has 0 saturated carbocycles. The summed E-state index contributed by atoms with van der Waals surface area (Å²) in [5.74, 6) is -0.377. The second kappa shape index (κ2) is 4.74. The Kier molecular flexibility index (Phi) is 3.62. The Morgan fingerprint density at radius 2 is 2.36 bits per heavy atom. The topological polar surface area (TPSA) is 75.4 Å². The van der Waals surface area contributed by atoms with Crippen molar-refractivity contribution in [1.82, 2.24) is 0 Å². The average molecular weight is 194 g/mol. The van der Waals surface area contributed by atoms with Crippen molar-refractivity contribution in [3.05, 3.63) is 29.8 Å². The third-order valence-corrected chi connectivity index (χ3v) is 1.82. The fraction of sp³-hybridized carbons (Fsp3) is 0.300. The Hall–Kier alpha value is -1.39. The van der Waals surface area contributed by atoms with E-state index in [0.29, 0.717) is 5.69 Å². The monoisotopic (exact) mass is 194 g/mol. The molecule has 1 atom stereocenters. The molecule has 0 aliphatic carbocycles. The van der Waals surface area contributed by atoms with E-state index < -0.39 is 6.04 Å². The van der Waals surface area contributed by atoms with E-state index in [-0.39, 0.29) is 12.5 Å². The third kappa shape index (κ3) is 2.83. The molecule has 76 valence electrons. The van der Waals surface area contributed by atoms with E-state index in [1.165, 1.54) is 0 Å². The number of aliphatic hydroxyl groups is 1. The van der Waals surface area contributed by atoms with Gasteiger partial charge in [-0.1, -0.05) is 12.1 Å².